The number of aliphatic imine (C=N–C) groups is 1. The summed E-state index contributed by atoms with van der Waals surface area (Å²) in [5.41, 5.74) is 2.76. The molecule has 0 unspecified atom stereocenters. The molecule has 0 saturated heterocycles. The van der Waals surface area contributed by atoms with Crippen molar-refractivity contribution in [1.29, 1.82) is 0 Å². The third kappa shape index (κ3) is 8.06. The molecular weight excluding hydrogens is 487 g/mol. The van der Waals surface area contributed by atoms with Gasteiger partial charge in [0.2, 0.25) is 0 Å². The van der Waals surface area contributed by atoms with Crippen molar-refractivity contribution in [1.82, 2.24) is 16.0 Å². The van der Waals surface area contributed by atoms with Gasteiger partial charge in [-0.2, -0.15) is 0 Å². The summed E-state index contributed by atoms with van der Waals surface area (Å²) >= 11 is 6.17. The maximum atomic E-state index is 12.0. The van der Waals surface area contributed by atoms with Gasteiger partial charge in [-0.05, 0) is 35.7 Å². The van der Waals surface area contributed by atoms with Gasteiger partial charge in [-0.3, -0.25) is 9.79 Å². The summed E-state index contributed by atoms with van der Waals surface area (Å²) in [6.07, 6.45) is 2.06. The first-order chi connectivity index (χ1) is 13.1. The Bertz CT molecular complexity index is 765. The number of halogens is 2. The van der Waals surface area contributed by atoms with Crippen LogP contribution in [0.2, 0.25) is 5.02 Å². The molecule has 5 nitrogen and oxygen atoms in total. The molecule has 1 amide bonds. The lowest BCUT2D eigenvalue weighted by molar-refractivity contribution is 0.0953. The molecule has 0 saturated carbocycles. The molecule has 0 aliphatic heterocycles. The number of benzene rings is 2. The monoisotopic (exact) mass is 514 g/mol. The summed E-state index contributed by atoms with van der Waals surface area (Å²) in [5.74, 6) is 0.663. The highest BCUT2D eigenvalue weighted by molar-refractivity contribution is 14.0. The van der Waals surface area contributed by atoms with Crippen molar-refractivity contribution in [2.75, 3.05) is 13.6 Å². The summed E-state index contributed by atoms with van der Waals surface area (Å²) in [4.78, 5) is 16.2. The molecule has 0 atom stereocenters. The third-order valence-electron chi connectivity index (χ3n) is 4.12. The molecule has 2 aromatic carbocycles. The van der Waals surface area contributed by atoms with E-state index in [2.05, 4.69) is 27.9 Å². The normalized spacial score (nSPS) is 10.8. The Labute approximate surface area is 189 Å². The number of hydrogen-bond acceptors (Lipinski definition) is 2. The van der Waals surface area contributed by atoms with E-state index in [1.54, 1.807) is 7.05 Å². The minimum absolute atomic E-state index is 0. The number of nitrogens with one attached hydrogen (secondary N) is 3. The van der Waals surface area contributed by atoms with Crippen LogP contribution in [0.3, 0.4) is 0 Å². The van der Waals surface area contributed by atoms with Crippen molar-refractivity contribution >= 4 is 47.4 Å². The van der Waals surface area contributed by atoms with Crippen LogP contribution >= 0.6 is 35.6 Å². The van der Waals surface area contributed by atoms with Crippen LogP contribution in [0.4, 0.5) is 0 Å². The summed E-state index contributed by atoms with van der Waals surface area (Å²) in [5, 5.41) is 10.2. The van der Waals surface area contributed by atoms with E-state index in [-0.39, 0.29) is 29.9 Å². The zero-order valence-corrected chi connectivity index (χ0v) is 19.4. The van der Waals surface area contributed by atoms with E-state index in [0.29, 0.717) is 31.2 Å². The highest BCUT2D eigenvalue weighted by atomic mass is 127. The highest BCUT2D eigenvalue weighted by Gasteiger charge is 2.05. The Kier molecular flexibility index (Phi) is 11.6. The summed E-state index contributed by atoms with van der Waals surface area (Å²) in [7, 11) is 1.73. The van der Waals surface area contributed by atoms with Crippen molar-refractivity contribution in [3.63, 3.8) is 0 Å². The predicted molar refractivity (Wildman–Crippen MR) is 128 cm³/mol. The lowest BCUT2D eigenvalue weighted by Gasteiger charge is -2.13. The van der Waals surface area contributed by atoms with E-state index < -0.39 is 0 Å². The van der Waals surface area contributed by atoms with Gasteiger partial charge >= 0.3 is 0 Å². The molecule has 0 aliphatic rings. The van der Waals surface area contributed by atoms with Crippen molar-refractivity contribution in [2.24, 2.45) is 4.99 Å². The SMILES string of the molecule is CCCCNC(=O)c1ccc(CNC(=NC)NCc2ccccc2Cl)cc1.I. The van der Waals surface area contributed by atoms with Gasteiger partial charge in [-0.25, -0.2) is 0 Å². The van der Waals surface area contributed by atoms with Crippen molar-refractivity contribution in [3.8, 4) is 0 Å². The van der Waals surface area contributed by atoms with Gasteiger partial charge in [-0.15, -0.1) is 24.0 Å². The molecule has 0 bridgehead atoms. The van der Waals surface area contributed by atoms with Gasteiger partial charge in [0.15, 0.2) is 5.96 Å². The number of amides is 1. The van der Waals surface area contributed by atoms with Crippen LogP contribution in [-0.4, -0.2) is 25.5 Å². The molecule has 3 N–H and O–H groups in total. The standard InChI is InChI=1S/C21H27ClN4O.HI/c1-3-4-13-24-20(27)17-11-9-16(10-12-17)14-25-21(23-2)26-15-18-7-5-6-8-19(18)22;/h5-12H,3-4,13-15H2,1-2H3,(H,24,27)(H2,23,25,26);1H. The maximum absolute atomic E-state index is 12.0. The molecule has 0 heterocycles. The van der Waals surface area contributed by atoms with E-state index in [1.807, 2.05) is 48.5 Å². The second kappa shape index (κ2) is 13.4. The van der Waals surface area contributed by atoms with Crippen molar-refractivity contribution in [2.45, 2.75) is 32.9 Å². The zero-order valence-electron chi connectivity index (χ0n) is 16.3. The van der Waals surface area contributed by atoms with Gasteiger partial charge in [0.1, 0.15) is 0 Å². The van der Waals surface area contributed by atoms with E-state index in [1.165, 1.54) is 0 Å². The average molecular weight is 515 g/mol. The molecule has 0 spiro atoms. The van der Waals surface area contributed by atoms with Crippen LogP contribution in [0.15, 0.2) is 53.5 Å². The smallest absolute Gasteiger partial charge is 0.251 e. The van der Waals surface area contributed by atoms with Crippen LogP contribution in [-0.2, 0) is 13.1 Å². The Morgan fingerprint density at radius 3 is 2.32 bits per heavy atom. The summed E-state index contributed by atoms with van der Waals surface area (Å²) < 4.78 is 0. The van der Waals surface area contributed by atoms with Gasteiger partial charge < -0.3 is 16.0 Å². The lowest BCUT2D eigenvalue weighted by Crippen LogP contribution is -2.36. The van der Waals surface area contributed by atoms with E-state index >= 15 is 0 Å². The van der Waals surface area contributed by atoms with Crippen molar-refractivity contribution < 1.29 is 4.79 Å². The van der Waals surface area contributed by atoms with Gasteiger partial charge in [0.25, 0.3) is 5.91 Å². The highest BCUT2D eigenvalue weighted by Crippen LogP contribution is 2.14. The number of hydrogen-bond donors (Lipinski definition) is 3. The number of guanidine groups is 1. The van der Waals surface area contributed by atoms with E-state index in [4.69, 9.17) is 11.6 Å². The molecule has 0 aliphatic carbocycles. The molecule has 28 heavy (non-hydrogen) atoms. The number of carbonyl (C=O) groups excluding carboxylic acids is 1. The third-order valence-corrected chi connectivity index (χ3v) is 4.49. The number of carbonyl (C=O) groups is 1. The Balaban J connectivity index is 0.00000392. The second-order valence-electron chi connectivity index (χ2n) is 6.18. The zero-order chi connectivity index (χ0) is 19.5. The fourth-order valence-corrected chi connectivity index (χ4v) is 2.68. The van der Waals surface area contributed by atoms with Crippen LogP contribution in [0.25, 0.3) is 0 Å². The molecule has 0 aromatic heterocycles. The van der Waals surface area contributed by atoms with Crippen LogP contribution in [0.1, 0.15) is 41.3 Å². The van der Waals surface area contributed by atoms with Crippen LogP contribution in [0.5, 0.6) is 0 Å². The van der Waals surface area contributed by atoms with Gasteiger partial charge in [0.05, 0.1) is 0 Å². The average Bonchev–Trinajstić information content (AvgIpc) is 2.70. The van der Waals surface area contributed by atoms with E-state index in [0.717, 1.165) is 29.0 Å². The summed E-state index contributed by atoms with van der Waals surface area (Å²) in [6, 6.07) is 15.3. The van der Waals surface area contributed by atoms with Gasteiger partial charge in [-0.1, -0.05) is 55.3 Å². The molecular formula is C21H28ClIN4O. The quantitative estimate of drug-likeness (QED) is 0.212. The summed E-state index contributed by atoms with van der Waals surface area (Å²) in [6.45, 7) is 4.02. The maximum Gasteiger partial charge on any atom is 0.251 e. The van der Waals surface area contributed by atoms with Gasteiger partial charge in [0, 0.05) is 37.3 Å². The topological polar surface area (TPSA) is 65.5 Å². The number of unbranched alkanes of at least 4 members (excludes halogenated alkanes) is 1. The Hall–Kier alpha value is -1.80. The molecule has 2 rings (SSSR count). The fourth-order valence-electron chi connectivity index (χ4n) is 2.48. The van der Waals surface area contributed by atoms with Crippen LogP contribution in [0, 0.1) is 0 Å². The number of nitrogens with zero attached hydrogens (tertiary/aromatic N) is 1. The molecule has 152 valence electrons. The van der Waals surface area contributed by atoms with Crippen molar-refractivity contribution in [3.05, 3.63) is 70.2 Å². The lowest BCUT2D eigenvalue weighted by atomic mass is 10.1. The number of rotatable bonds is 8. The fraction of sp³-hybridized carbons (Fsp3) is 0.333. The molecule has 0 fully saturated rings. The largest absolute Gasteiger partial charge is 0.352 e. The minimum Gasteiger partial charge on any atom is -0.352 e. The predicted octanol–water partition coefficient (Wildman–Crippen LogP) is 4.35. The first-order valence-corrected chi connectivity index (χ1v) is 9.57. The Morgan fingerprint density at radius 1 is 1.00 bits per heavy atom. The molecule has 2 aromatic rings. The first-order valence-electron chi connectivity index (χ1n) is 9.19. The Morgan fingerprint density at radius 2 is 1.68 bits per heavy atom. The van der Waals surface area contributed by atoms with E-state index in [9.17, 15) is 4.79 Å². The second-order valence-corrected chi connectivity index (χ2v) is 6.58. The molecule has 0 radical (unpaired) electrons. The molecule has 7 heteroatoms. The van der Waals surface area contributed by atoms with Crippen LogP contribution < -0.4 is 16.0 Å². The minimum atomic E-state index is -0.0276. The first kappa shape index (κ1) is 24.2.